The van der Waals surface area contributed by atoms with E-state index < -0.39 is 10.0 Å². The number of anilines is 1. The maximum Gasteiger partial charge on any atom is 0.235 e. The van der Waals surface area contributed by atoms with E-state index in [4.69, 9.17) is 4.74 Å². The van der Waals surface area contributed by atoms with Crippen molar-refractivity contribution in [3.05, 3.63) is 84.7 Å². The molecule has 0 amide bonds. The van der Waals surface area contributed by atoms with Gasteiger partial charge in [-0.3, -0.25) is 9.29 Å². The van der Waals surface area contributed by atoms with Crippen molar-refractivity contribution in [2.75, 3.05) is 10.1 Å². The van der Waals surface area contributed by atoms with Crippen molar-refractivity contribution in [3.8, 4) is 11.5 Å². The molecule has 0 radical (unpaired) electrons. The Balaban J connectivity index is 0.00000136. The first-order chi connectivity index (χ1) is 13.6. The minimum absolute atomic E-state index is 0.0109. The lowest BCUT2D eigenvalue weighted by Gasteiger charge is -2.24. The van der Waals surface area contributed by atoms with Crippen molar-refractivity contribution in [1.82, 2.24) is 4.98 Å². The monoisotopic (exact) mass is 398 g/mol. The smallest absolute Gasteiger partial charge is 0.235 e. The summed E-state index contributed by atoms with van der Waals surface area (Å²) in [5, 5.41) is 0. The molecule has 6 heteroatoms. The van der Waals surface area contributed by atoms with Crippen LogP contribution in [0.3, 0.4) is 0 Å². The summed E-state index contributed by atoms with van der Waals surface area (Å²) < 4.78 is 32.5. The second-order valence-electron chi connectivity index (χ2n) is 5.68. The van der Waals surface area contributed by atoms with Crippen LogP contribution >= 0.6 is 0 Å². The van der Waals surface area contributed by atoms with Gasteiger partial charge >= 0.3 is 0 Å². The van der Waals surface area contributed by atoms with Gasteiger partial charge in [0.05, 0.1) is 18.0 Å². The fourth-order valence-electron chi connectivity index (χ4n) is 2.49. The molecule has 3 rings (SSSR count). The highest BCUT2D eigenvalue weighted by molar-refractivity contribution is 7.92. The number of nitrogens with zero attached hydrogens (tertiary/aromatic N) is 2. The van der Waals surface area contributed by atoms with Crippen LogP contribution in [0, 0.1) is 0 Å². The highest BCUT2D eigenvalue weighted by Crippen LogP contribution is 2.28. The summed E-state index contributed by atoms with van der Waals surface area (Å²) in [6, 6.07) is 20.1. The Morgan fingerprint density at radius 2 is 1.64 bits per heavy atom. The maximum atomic E-state index is 12.6. The van der Waals surface area contributed by atoms with Gasteiger partial charge in [0, 0.05) is 18.5 Å². The summed E-state index contributed by atoms with van der Waals surface area (Å²) in [5.74, 6) is 1.29. The van der Waals surface area contributed by atoms with Gasteiger partial charge in [-0.2, -0.15) is 0 Å². The third-order valence-corrected chi connectivity index (χ3v) is 5.58. The Labute approximate surface area is 167 Å². The standard InChI is InChI=1S/C20H20N2O3S.C2H6/c1-2-26(23,24)22(16-17-8-7-13-21-15-17)18-9-6-12-20(14-18)25-19-10-4-3-5-11-19;1-2/h3-15H,2,16H2,1H3;1-2H3. The molecule has 0 fully saturated rings. The molecule has 0 saturated heterocycles. The minimum Gasteiger partial charge on any atom is -0.457 e. The van der Waals surface area contributed by atoms with Gasteiger partial charge in [-0.1, -0.05) is 44.2 Å². The van der Waals surface area contributed by atoms with Crippen molar-refractivity contribution >= 4 is 15.7 Å². The van der Waals surface area contributed by atoms with Gasteiger partial charge in [-0.15, -0.1) is 0 Å². The first-order valence-corrected chi connectivity index (χ1v) is 10.9. The number of rotatable bonds is 7. The quantitative estimate of drug-likeness (QED) is 0.545. The van der Waals surface area contributed by atoms with E-state index in [0.717, 1.165) is 5.56 Å². The molecule has 5 nitrogen and oxygen atoms in total. The molecule has 0 aliphatic rings. The maximum absolute atomic E-state index is 12.6. The molecule has 0 aliphatic carbocycles. The van der Waals surface area contributed by atoms with Gasteiger partial charge in [-0.05, 0) is 42.8 Å². The van der Waals surface area contributed by atoms with Gasteiger partial charge < -0.3 is 4.74 Å². The van der Waals surface area contributed by atoms with Gasteiger partial charge in [0.2, 0.25) is 10.0 Å². The molecule has 1 heterocycles. The summed E-state index contributed by atoms with van der Waals surface area (Å²) in [7, 11) is -3.45. The molecular weight excluding hydrogens is 372 g/mol. The third-order valence-electron chi connectivity index (χ3n) is 3.83. The predicted octanol–water partition coefficient (Wildman–Crippen LogP) is 5.26. The average Bonchev–Trinajstić information content (AvgIpc) is 2.75. The van der Waals surface area contributed by atoms with Crippen LogP contribution in [0.25, 0.3) is 0 Å². The zero-order valence-corrected chi connectivity index (χ0v) is 17.3. The second-order valence-corrected chi connectivity index (χ2v) is 7.86. The molecule has 0 aliphatic heterocycles. The number of sulfonamides is 1. The summed E-state index contributed by atoms with van der Waals surface area (Å²) in [6.45, 7) is 5.86. The Bertz CT molecular complexity index is 946. The van der Waals surface area contributed by atoms with Crippen LogP contribution in [0.15, 0.2) is 79.1 Å². The molecule has 0 saturated carbocycles. The molecule has 3 aromatic rings. The van der Waals surface area contributed by atoms with E-state index in [2.05, 4.69) is 4.98 Å². The number of aromatic nitrogens is 1. The summed E-state index contributed by atoms with van der Waals surface area (Å²) in [4.78, 5) is 4.07. The summed E-state index contributed by atoms with van der Waals surface area (Å²) in [5.41, 5.74) is 1.38. The van der Waals surface area contributed by atoms with E-state index >= 15 is 0 Å². The van der Waals surface area contributed by atoms with Crippen LogP contribution in [0.5, 0.6) is 11.5 Å². The molecule has 148 valence electrons. The van der Waals surface area contributed by atoms with E-state index in [-0.39, 0.29) is 12.3 Å². The Hall–Kier alpha value is -2.86. The summed E-state index contributed by atoms with van der Waals surface area (Å²) in [6.07, 6.45) is 3.33. The average molecular weight is 399 g/mol. The molecule has 0 bridgehead atoms. The van der Waals surface area contributed by atoms with E-state index in [0.29, 0.717) is 17.2 Å². The Kier molecular flexibility index (Phi) is 8.02. The fraction of sp³-hybridized carbons (Fsp3) is 0.227. The molecule has 0 atom stereocenters. The molecule has 0 N–H and O–H groups in total. The van der Waals surface area contributed by atoms with Crippen LogP contribution in [-0.2, 0) is 16.6 Å². The molecule has 0 spiro atoms. The normalized spacial score (nSPS) is 10.5. The molecule has 1 aromatic heterocycles. The van der Waals surface area contributed by atoms with Crippen LogP contribution < -0.4 is 9.04 Å². The largest absolute Gasteiger partial charge is 0.457 e. The first-order valence-electron chi connectivity index (χ1n) is 9.31. The Morgan fingerprint density at radius 1 is 0.929 bits per heavy atom. The van der Waals surface area contributed by atoms with Crippen molar-refractivity contribution in [3.63, 3.8) is 0 Å². The number of para-hydroxylation sites is 1. The number of hydrogen-bond donors (Lipinski definition) is 0. The lowest BCUT2D eigenvalue weighted by Crippen LogP contribution is -2.31. The second kappa shape index (κ2) is 10.5. The fourth-order valence-corrected chi connectivity index (χ4v) is 3.58. The number of pyridine rings is 1. The Morgan fingerprint density at radius 3 is 2.29 bits per heavy atom. The molecule has 0 unspecified atom stereocenters. The van der Waals surface area contributed by atoms with E-state index in [9.17, 15) is 8.42 Å². The van der Waals surface area contributed by atoms with Crippen molar-refractivity contribution < 1.29 is 13.2 Å². The number of ether oxygens (including phenoxy) is 1. The van der Waals surface area contributed by atoms with E-state index in [1.807, 2.05) is 50.2 Å². The van der Waals surface area contributed by atoms with E-state index in [1.165, 1.54) is 4.31 Å². The van der Waals surface area contributed by atoms with Crippen molar-refractivity contribution in [2.45, 2.75) is 27.3 Å². The first kappa shape index (κ1) is 21.4. The van der Waals surface area contributed by atoms with Crippen LogP contribution in [0.1, 0.15) is 26.3 Å². The molecular formula is C22H26N2O3S. The van der Waals surface area contributed by atoms with Gasteiger partial charge in [-0.25, -0.2) is 8.42 Å². The van der Waals surface area contributed by atoms with Crippen molar-refractivity contribution in [1.29, 1.82) is 0 Å². The lowest BCUT2D eigenvalue weighted by molar-refractivity contribution is 0.483. The number of hydrogen-bond acceptors (Lipinski definition) is 4. The van der Waals surface area contributed by atoms with Gasteiger partial charge in [0.1, 0.15) is 11.5 Å². The lowest BCUT2D eigenvalue weighted by atomic mass is 10.2. The topological polar surface area (TPSA) is 59.5 Å². The van der Waals surface area contributed by atoms with Gasteiger partial charge in [0.15, 0.2) is 0 Å². The molecule has 2 aromatic carbocycles. The SMILES string of the molecule is CC.CCS(=O)(=O)N(Cc1cccnc1)c1cccc(Oc2ccccc2)c1. The van der Waals surface area contributed by atoms with Crippen LogP contribution in [0.2, 0.25) is 0 Å². The van der Waals surface area contributed by atoms with Crippen LogP contribution in [-0.4, -0.2) is 19.2 Å². The predicted molar refractivity (Wildman–Crippen MR) is 114 cm³/mol. The van der Waals surface area contributed by atoms with Gasteiger partial charge in [0.25, 0.3) is 0 Å². The number of benzene rings is 2. The minimum atomic E-state index is -3.45. The van der Waals surface area contributed by atoms with E-state index in [1.54, 1.807) is 49.6 Å². The molecule has 28 heavy (non-hydrogen) atoms. The van der Waals surface area contributed by atoms with Crippen molar-refractivity contribution in [2.24, 2.45) is 0 Å². The highest BCUT2D eigenvalue weighted by atomic mass is 32.2. The third kappa shape index (κ3) is 5.82. The summed E-state index contributed by atoms with van der Waals surface area (Å²) >= 11 is 0. The zero-order chi connectivity index (χ0) is 20.4. The zero-order valence-electron chi connectivity index (χ0n) is 16.4. The highest BCUT2D eigenvalue weighted by Gasteiger charge is 2.21. The van der Waals surface area contributed by atoms with Crippen LogP contribution in [0.4, 0.5) is 5.69 Å².